The number of nitriles is 1. The Morgan fingerprint density at radius 1 is 1.50 bits per heavy atom. The molecule has 0 aliphatic carbocycles. The molecule has 0 aliphatic rings. The number of hydrogen-bond donors (Lipinski definition) is 1. The highest BCUT2D eigenvalue weighted by Crippen LogP contribution is 2.28. The molecule has 4 nitrogen and oxygen atoms in total. The molecular weight excluding hydrogens is 270 g/mol. The van der Waals surface area contributed by atoms with Crippen LogP contribution in [0.2, 0.25) is 0 Å². The van der Waals surface area contributed by atoms with Crippen molar-refractivity contribution in [3.05, 3.63) is 29.3 Å². The molecule has 1 N–H and O–H groups in total. The smallest absolute Gasteiger partial charge is 0.148 e. The summed E-state index contributed by atoms with van der Waals surface area (Å²) in [6.07, 6.45) is 0.549. The van der Waals surface area contributed by atoms with Crippen LogP contribution in [0.25, 0.3) is 0 Å². The van der Waals surface area contributed by atoms with E-state index in [4.69, 9.17) is 5.26 Å². The third-order valence-corrected chi connectivity index (χ3v) is 4.58. The van der Waals surface area contributed by atoms with Crippen molar-refractivity contribution in [3.8, 4) is 6.07 Å². The molecule has 0 fully saturated rings. The molecule has 0 radical (unpaired) electrons. The summed E-state index contributed by atoms with van der Waals surface area (Å²) in [4.78, 5) is 0.757. The monoisotopic (exact) mass is 285 g/mol. The Labute approximate surface area is 112 Å². The van der Waals surface area contributed by atoms with E-state index in [1.807, 2.05) is 6.07 Å². The maximum Gasteiger partial charge on any atom is 0.148 e. The van der Waals surface area contributed by atoms with Gasteiger partial charge in [0.25, 0.3) is 0 Å². The number of rotatable bonds is 5. The maximum atomic E-state index is 11.0. The van der Waals surface area contributed by atoms with Crippen LogP contribution < -0.4 is 0 Å². The van der Waals surface area contributed by atoms with Crippen LogP contribution in [-0.2, 0) is 9.84 Å². The number of aliphatic hydroxyl groups is 1. The molecule has 0 amide bonds. The molecule has 98 valence electrons. The van der Waals surface area contributed by atoms with E-state index in [0.29, 0.717) is 16.9 Å². The van der Waals surface area contributed by atoms with Crippen molar-refractivity contribution < 1.29 is 13.5 Å². The summed E-state index contributed by atoms with van der Waals surface area (Å²) < 4.78 is 22.1. The summed E-state index contributed by atoms with van der Waals surface area (Å²) in [5, 5.41) is 18.4. The Morgan fingerprint density at radius 2 is 2.17 bits per heavy atom. The van der Waals surface area contributed by atoms with Crippen LogP contribution in [0.4, 0.5) is 0 Å². The van der Waals surface area contributed by atoms with Gasteiger partial charge in [0.15, 0.2) is 0 Å². The molecule has 0 heterocycles. The van der Waals surface area contributed by atoms with Gasteiger partial charge in [0, 0.05) is 16.9 Å². The quantitative estimate of drug-likeness (QED) is 0.834. The minimum Gasteiger partial charge on any atom is -0.389 e. The zero-order valence-corrected chi connectivity index (χ0v) is 11.9. The van der Waals surface area contributed by atoms with Crippen molar-refractivity contribution in [2.75, 3.05) is 17.8 Å². The van der Waals surface area contributed by atoms with Crippen molar-refractivity contribution in [3.63, 3.8) is 0 Å². The summed E-state index contributed by atoms with van der Waals surface area (Å²) in [7, 11) is -2.99. The Balaban J connectivity index is 2.88. The molecule has 0 aromatic heterocycles. The Bertz CT molecular complexity index is 559. The number of sulfone groups is 1. The third-order valence-electron chi connectivity index (χ3n) is 2.30. The third kappa shape index (κ3) is 4.69. The number of hydrogen-bond acceptors (Lipinski definition) is 5. The van der Waals surface area contributed by atoms with E-state index in [1.54, 1.807) is 25.1 Å². The van der Waals surface area contributed by atoms with Crippen LogP contribution in [0.1, 0.15) is 24.2 Å². The second-order valence-corrected chi connectivity index (χ2v) is 7.42. The van der Waals surface area contributed by atoms with Crippen LogP contribution in [0.3, 0.4) is 0 Å². The van der Waals surface area contributed by atoms with Crippen molar-refractivity contribution in [2.45, 2.75) is 17.9 Å². The normalized spacial score (nSPS) is 13.0. The molecule has 1 atom stereocenters. The molecule has 0 spiro atoms. The summed E-state index contributed by atoms with van der Waals surface area (Å²) in [6, 6.07) is 7.04. The lowest BCUT2D eigenvalue weighted by molar-refractivity contribution is 0.196. The highest BCUT2D eigenvalue weighted by molar-refractivity contribution is 8.00. The molecule has 1 aromatic carbocycles. The first-order valence-electron chi connectivity index (χ1n) is 5.36. The standard InChI is InChI=1S/C12H15NO3S2/c1-9(14)11-4-3-10(8-13)7-12(11)17-5-6-18(2,15)16/h3-4,7,9,14H,5-6H2,1-2H3. The average molecular weight is 285 g/mol. The number of aliphatic hydroxyl groups excluding tert-OH is 1. The summed E-state index contributed by atoms with van der Waals surface area (Å²) in [5.74, 6) is 0.487. The average Bonchev–Trinajstić information content (AvgIpc) is 2.26. The fourth-order valence-electron chi connectivity index (χ4n) is 1.38. The lowest BCUT2D eigenvalue weighted by atomic mass is 10.1. The van der Waals surface area contributed by atoms with Gasteiger partial charge in [-0.15, -0.1) is 11.8 Å². The van der Waals surface area contributed by atoms with Gasteiger partial charge in [0.1, 0.15) is 9.84 Å². The summed E-state index contributed by atoms with van der Waals surface area (Å²) in [5.41, 5.74) is 1.22. The van der Waals surface area contributed by atoms with Gasteiger partial charge in [-0.05, 0) is 24.6 Å². The van der Waals surface area contributed by atoms with Gasteiger partial charge >= 0.3 is 0 Å². The van der Waals surface area contributed by atoms with Crippen LogP contribution in [-0.4, -0.2) is 31.3 Å². The number of nitrogens with zero attached hydrogens (tertiary/aromatic N) is 1. The molecule has 0 bridgehead atoms. The first-order chi connectivity index (χ1) is 8.33. The SMILES string of the molecule is CC(O)c1ccc(C#N)cc1SCCS(C)(=O)=O. The molecule has 0 aliphatic heterocycles. The van der Waals surface area contributed by atoms with E-state index >= 15 is 0 Å². The topological polar surface area (TPSA) is 78.2 Å². The van der Waals surface area contributed by atoms with Crippen molar-refractivity contribution in [1.82, 2.24) is 0 Å². The fourth-order valence-corrected chi connectivity index (χ4v) is 3.76. The predicted octanol–water partition coefficient (Wildman–Crippen LogP) is 1.75. The zero-order chi connectivity index (χ0) is 13.8. The molecule has 0 saturated heterocycles. The van der Waals surface area contributed by atoms with Crippen LogP contribution >= 0.6 is 11.8 Å². The van der Waals surface area contributed by atoms with Gasteiger partial charge in [0.05, 0.1) is 23.5 Å². The Morgan fingerprint density at radius 3 is 2.67 bits per heavy atom. The van der Waals surface area contributed by atoms with Gasteiger partial charge in [0.2, 0.25) is 0 Å². The van der Waals surface area contributed by atoms with Gasteiger partial charge in [-0.2, -0.15) is 5.26 Å². The fraction of sp³-hybridized carbons (Fsp3) is 0.417. The van der Waals surface area contributed by atoms with Crippen molar-refractivity contribution >= 4 is 21.6 Å². The van der Waals surface area contributed by atoms with E-state index in [-0.39, 0.29) is 5.75 Å². The zero-order valence-electron chi connectivity index (χ0n) is 10.3. The van der Waals surface area contributed by atoms with Gasteiger partial charge in [-0.25, -0.2) is 8.42 Å². The van der Waals surface area contributed by atoms with Crippen LogP contribution in [0, 0.1) is 11.3 Å². The molecule has 1 unspecified atom stereocenters. The second-order valence-electron chi connectivity index (χ2n) is 4.02. The number of thioether (sulfide) groups is 1. The maximum absolute atomic E-state index is 11.0. The molecule has 6 heteroatoms. The first-order valence-corrected chi connectivity index (χ1v) is 8.41. The molecule has 1 rings (SSSR count). The van der Waals surface area contributed by atoms with Gasteiger partial charge in [-0.1, -0.05) is 6.07 Å². The van der Waals surface area contributed by atoms with Crippen LogP contribution in [0.15, 0.2) is 23.1 Å². The van der Waals surface area contributed by atoms with Crippen molar-refractivity contribution in [2.24, 2.45) is 0 Å². The lowest BCUT2D eigenvalue weighted by Gasteiger charge is -2.11. The van der Waals surface area contributed by atoms with Crippen LogP contribution in [0.5, 0.6) is 0 Å². The van der Waals surface area contributed by atoms with Crippen molar-refractivity contribution in [1.29, 1.82) is 5.26 Å². The Kier molecular flexibility index (Phi) is 5.20. The van der Waals surface area contributed by atoms with Gasteiger partial charge < -0.3 is 5.11 Å². The summed E-state index contributed by atoms with van der Waals surface area (Å²) in [6.45, 7) is 1.64. The second kappa shape index (κ2) is 6.23. The van der Waals surface area contributed by atoms with Gasteiger partial charge in [-0.3, -0.25) is 0 Å². The molecule has 18 heavy (non-hydrogen) atoms. The lowest BCUT2D eigenvalue weighted by Crippen LogP contribution is -2.05. The number of benzene rings is 1. The summed E-state index contributed by atoms with van der Waals surface area (Å²) >= 11 is 1.34. The van der Waals surface area contributed by atoms with E-state index in [9.17, 15) is 13.5 Å². The van der Waals surface area contributed by atoms with E-state index < -0.39 is 15.9 Å². The highest BCUT2D eigenvalue weighted by Gasteiger charge is 2.10. The van der Waals surface area contributed by atoms with E-state index in [1.165, 1.54) is 18.0 Å². The molecule has 1 aromatic rings. The molecule has 0 saturated carbocycles. The highest BCUT2D eigenvalue weighted by atomic mass is 32.2. The minimum atomic E-state index is -2.99. The molecular formula is C12H15NO3S2. The van der Waals surface area contributed by atoms with E-state index in [0.717, 1.165) is 4.90 Å². The minimum absolute atomic E-state index is 0.0771. The van der Waals surface area contributed by atoms with E-state index in [2.05, 4.69) is 0 Å². The largest absolute Gasteiger partial charge is 0.389 e. The first kappa shape index (κ1) is 15.0. The Hall–Kier alpha value is -1.03. The predicted molar refractivity (Wildman–Crippen MR) is 72.2 cm³/mol.